The molecule has 0 amide bonds. The summed E-state index contributed by atoms with van der Waals surface area (Å²) in [5, 5.41) is 13.0. The number of allylic oxidation sites excluding steroid dienone is 3. The number of hydrogen-bond donors (Lipinski definition) is 2. The van der Waals surface area contributed by atoms with E-state index in [2.05, 4.69) is 68.2 Å². The van der Waals surface area contributed by atoms with Crippen LogP contribution in [0.15, 0.2) is 48.1 Å². The van der Waals surface area contributed by atoms with Crippen LogP contribution in [0.5, 0.6) is 5.75 Å². The maximum atomic E-state index is 10.6. The summed E-state index contributed by atoms with van der Waals surface area (Å²) in [5.41, 5.74) is 5.28. The number of phenols is 1. The molecule has 130 valence electrons. The average Bonchev–Trinajstić information content (AvgIpc) is 2.93. The van der Waals surface area contributed by atoms with Gasteiger partial charge in [-0.15, -0.1) is 0 Å². The van der Waals surface area contributed by atoms with Gasteiger partial charge in [-0.25, -0.2) is 0 Å². The van der Waals surface area contributed by atoms with Gasteiger partial charge in [0.15, 0.2) is 0 Å². The number of aromatic nitrogens is 1. The number of benzene rings is 2. The molecular weight excluding hydrogens is 306 g/mol. The number of nitrogens with one attached hydrogen (secondary N) is 1. The van der Waals surface area contributed by atoms with Crippen molar-refractivity contribution in [2.75, 3.05) is 0 Å². The van der Waals surface area contributed by atoms with Gasteiger partial charge in [-0.2, -0.15) is 0 Å². The number of aryl methyl sites for hydroxylation is 1. The van der Waals surface area contributed by atoms with E-state index < -0.39 is 0 Å². The van der Waals surface area contributed by atoms with Crippen molar-refractivity contribution in [2.45, 2.75) is 40.5 Å². The van der Waals surface area contributed by atoms with Gasteiger partial charge < -0.3 is 10.1 Å². The number of fused-ring (bicyclic) bond motifs is 3. The summed E-state index contributed by atoms with van der Waals surface area (Å²) < 4.78 is 0. The van der Waals surface area contributed by atoms with E-state index in [1.807, 2.05) is 13.0 Å². The molecule has 1 heterocycles. The van der Waals surface area contributed by atoms with Crippen LogP contribution in [0.1, 0.15) is 44.7 Å². The minimum Gasteiger partial charge on any atom is -0.507 e. The van der Waals surface area contributed by atoms with Gasteiger partial charge in [-0.3, -0.25) is 0 Å². The maximum Gasteiger partial charge on any atom is 0.127 e. The Labute approximate surface area is 149 Å². The third-order valence-electron chi connectivity index (χ3n) is 4.77. The van der Waals surface area contributed by atoms with Crippen molar-refractivity contribution >= 4 is 27.9 Å². The Morgan fingerprint density at radius 1 is 1.20 bits per heavy atom. The summed E-state index contributed by atoms with van der Waals surface area (Å²) in [6.45, 7) is 8.46. The van der Waals surface area contributed by atoms with Crippen molar-refractivity contribution in [3.63, 3.8) is 0 Å². The zero-order valence-electron chi connectivity index (χ0n) is 15.6. The summed E-state index contributed by atoms with van der Waals surface area (Å²) in [6.07, 6.45) is 8.77. The van der Waals surface area contributed by atoms with Crippen molar-refractivity contribution in [1.29, 1.82) is 0 Å². The SMILES string of the molecule is CC(C)=CCCC(C)C=Cc1c(O)c(C)cc2c1[nH]c1ccccc12. The molecule has 2 nitrogen and oxygen atoms in total. The largest absolute Gasteiger partial charge is 0.507 e. The second kappa shape index (κ2) is 7.18. The predicted molar refractivity (Wildman–Crippen MR) is 109 cm³/mol. The summed E-state index contributed by atoms with van der Waals surface area (Å²) >= 11 is 0. The normalized spacial score (nSPS) is 13.0. The fourth-order valence-corrected chi connectivity index (χ4v) is 3.30. The fraction of sp³-hybridized carbons (Fsp3) is 0.304. The van der Waals surface area contributed by atoms with Crippen LogP contribution in [0.3, 0.4) is 0 Å². The van der Waals surface area contributed by atoms with Crippen molar-refractivity contribution < 1.29 is 5.11 Å². The molecule has 0 spiro atoms. The molecule has 0 radical (unpaired) electrons. The number of phenolic OH excluding ortho intramolecular Hbond substituents is 1. The summed E-state index contributed by atoms with van der Waals surface area (Å²) in [6, 6.07) is 10.4. The third kappa shape index (κ3) is 3.63. The first-order valence-electron chi connectivity index (χ1n) is 9.02. The zero-order valence-corrected chi connectivity index (χ0v) is 15.6. The zero-order chi connectivity index (χ0) is 18.0. The molecular formula is C23H27NO. The Morgan fingerprint density at radius 2 is 1.96 bits per heavy atom. The van der Waals surface area contributed by atoms with Gasteiger partial charge in [-0.05, 0) is 57.2 Å². The lowest BCUT2D eigenvalue weighted by Gasteiger charge is -2.08. The third-order valence-corrected chi connectivity index (χ3v) is 4.77. The van der Waals surface area contributed by atoms with Crippen LogP contribution < -0.4 is 0 Å². The molecule has 0 bridgehead atoms. The number of hydrogen-bond acceptors (Lipinski definition) is 1. The van der Waals surface area contributed by atoms with Crippen LogP contribution in [0.4, 0.5) is 0 Å². The maximum absolute atomic E-state index is 10.6. The standard InChI is InChI=1S/C23H27NO/c1-15(2)8-7-9-16(3)12-13-19-22-20(14-17(4)23(19)25)18-10-5-6-11-21(18)24-22/h5-6,8,10-14,16,24-25H,7,9H2,1-4H3. The number of aromatic hydroxyl groups is 1. The highest BCUT2D eigenvalue weighted by Gasteiger charge is 2.13. The molecule has 0 aliphatic heterocycles. The molecule has 3 aromatic rings. The van der Waals surface area contributed by atoms with Gasteiger partial charge in [0, 0.05) is 21.9 Å². The lowest BCUT2D eigenvalue weighted by molar-refractivity contribution is 0.470. The first kappa shape index (κ1) is 17.3. The Bertz CT molecular complexity index is 955. The number of H-pyrrole nitrogens is 1. The minimum absolute atomic E-state index is 0.367. The lowest BCUT2D eigenvalue weighted by atomic mass is 9.99. The first-order chi connectivity index (χ1) is 12.0. The molecule has 1 unspecified atom stereocenters. The molecule has 2 heteroatoms. The molecule has 0 aliphatic rings. The van der Waals surface area contributed by atoms with E-state index in [0.29, 0.717) is 11.7 Å². The highest BCUT2D eigenvalue weighted by Crippen LogP contribution is 2.36. The van der Waals surface area contributed by atoms with Crippen LogP contribution in [-0.2, 0) is 0 Å². The second-order valence-electron chi connectivity index (χ2n) is 7.24. The monoisotopic (exact) mass is 333 g/mol. The Morgan fingerprint density at radius 3 is 2.72 bits per heavy atom. The molecule has 0 saturated heterocycles. The molecule has 2 aromatic carbocycles. The minimum atomic E-state index is 0.367. The predicted octanol–water partition coefficient (Wildman–Crippen LogP) is 6.73. The fourth-order valence-electron chi connectivity index (χ4n) is 3.30. The highest BCUT2D eigenvalue weighted by molar-refractivity contribution is 6.10. The van der Waals surface area contributed by atoms with Crippen molar-refractivity contribution in [3.05, 3.63) is 59.2 Å². The van der Waals surface area contributed by atoms with Crippen molar-refractivity contribution in [3.8, 4) is 5.75 Å². The van der Waals surface area contributed by atoms with Gasteiger partial charge >= 0.3 is 0 Å². The molecule has 0 saturated carbocycles. The van der Waals surface area contributed by atoms with Crippen LogP contribution in [0, 0.1) is 12.8 Å². The Kier molecular flexibility index (Phi) is 4.98. The number of rotatable bonds is 5. The highest BCUT2D eigenvalue weighted by atomic mass is 16.3. The Balaban J connectivity index is 1.99. The van der Waals surface area contributed by atoms with Crippen LogP contribution in [-0.4, -0.2) is 10.1 Å². The van der Waals surface area contributed by atoms with E-state index in [-0.39, 0.29) is 0 Å². The van der Waals surface area contributed by atoms with E-state index >= 15 is 0 Å². The molecule has 1 aromatic heterocycles. The Hall–Kier alpha value is -2.48. The number of aromatic amines is 1. The molecule has 2 N–H and O–H groups in total. The van der Waals surface area contributed by atoms with Gasteiger partial charge in [0.1, 0.15) is 5.75 Å². The summed E-state index contributed by atoms with van der Waals surface area (Å²) in [4.78, 5) is 3.48. The smallest absolute Gasteiger partial charge is 0.127 e. The first-order valence-corrected chi connectivity index (χ1v) is 9.02. The van der Waals surface area contributed by atoms with E-state index in [9.17, 15) is 5.11 Å². The van der Waals surface area contributed by atoms with Crippen LogP contribution >= 0.6 is 0 Å². The topological polar surface area (TPSA) is 36.0 Å². The molecule has 0 aliphatic carbocycles. The van der Waals surface area contributed by atoms with Gasteiger partial charge in [-0.1, -0.05) is 48.9 Å². The van der Waals surface area contributed by atoms with Gasteiger partial charge in [0.25, 0.3) is 0 Å². The van der Waals surface area contributed by atoms with Crippen molar-refractivity contribution in [2.24, 2.45) is 5.92 Å². The van der Waals surface area contributed by atoms with Gasteiger partial charge in [0.05, 0.1) is 5.52 Å². The van der Waals surface area contributed by atoms with Crippen molar-refractivity contribution in [1.82, 2.24) is 4.98 Å². The summed E-state index contributed by atoms with van der Waals surface area (Å²) in [7, 11) is 0. The quantitative estimate of drug-likeness (QED) is 0.499. The second-order valence-corrected chi connectivity index (χ2v) is 7.24. The summed E-state index contributed by atoms with van der Waals surface area (Å²) in [5.74, 6) is 0.835. The van der Waals surface area contributed by atoms with Crippen LogP contribution in [0.25, 0.3) is 27.9 Å². The molecule has 25 heavy (non-hydrogen) atoms. The lowest BCUT2D eigenvalue weighted by Crippen LogP contribution is -1.89. The van der Waals surface area contributed by atoms with E-state index in [1.54, 1.807) is 0 Å². The van der Waals surface area contributed by atoms with E-state index in [0.717, 1.165) is 35.0 Å². The molecule has 0 fully saturated rings. The molecule has 3 rings (SSSR count). The molecule has 1 atom stereocenters. The van der Waals surface area contributed by atoms with Gasteiger partial charge in [0.2, 0.25) is 0 Å². The average molecular weight is 333 g/mol. The number of para-hydroxylation sites is 1. The van der Waals surface area contributed by atoms with Crippen LogP contribution in [0.2, 0.25) is 0 Å². The van der Waals surface area contributed by atoms with E-state index in [4.69, 9.17) is 0 Å². The van der Waals surface area contributed by atoms with E-state index in [1.165, 1.54) is 16.3 Å².